The number of aliphatic hydroxyl groups is 1. The highest BCUT2D eigenvalue weighted by Crippen LogP contribution is 2.12. The summed E-state index contributed by atoms with van der Waals surface area (Å²) in [6.07, 6.45) is 7.94. The normalized spacial score (nSPS) is 28.4. The second-order valence-electron chi connectivity index (χ2n) is 2.20. The van der Waals surface area contributed by atoms with E-state index in [2.05, 4.69) is 0 Å². The molecule has 0 spiro atoms. The summed E-state index contributed by atoms with van der Waals surface area (Å²) in [6, 6.07) is 0. The zero-order chi connectivity index (χ0) is 6.69. The van der Waals surface area contributed by atoms with Gasteiger partial charge in [0, 0.05) is 5.92 Å². The molecule has 3 N–H and O–H groups in total. The average molecular weight is 125 g/mol. The SMILES string of the molecule is NC(O)[C@H]1C=CC=CC1. The number of aliphatic hydroxyl groups excluding tert-OH is 1. The number of hydrogen-bond donors (Lipinski definition) is 2. The van der Waals surface area contributed by atoms with Gasteiger partial charge in [0.15, 0.2) is 0 Å². The first-order valence-corrected chi connectivity index (χ1v) is 3.07. The Morgan fingerprint density at radius 2 is 2.33 bits per heavy atom. The van der Waals surface area contributed by atoms with Crippen molar-refractivity contribution in [2.45, 2.75) is 12.6 Å². The molecule has 2 nitrogen and oxygen atoms in total. The van der Waals surface area contributed by atoms with Crippen molar-refractivity contribution in [2.24, 2.45) is 11.7 Å². The van der Waals surface area contributed by atoms with Crippen molar-refractivity contribution in [3.63, 3.8) is 0 Å². The van der Waals surface area contributed by atoms with Crippen molar-refractivity contribution in [3.8, 4) is 0 Å². The quantitative estimate of drug-likeness (QED) is 0.498. The third-order valence-electron chi connectivity index (χ3n) is 1.45. The molecule has 1 rings (SSSR count). The molecular weight excluding hydrogens is 114 g/mol. The second kappa shape index (κ2) is 2.80. The number of rotatable bonds is 1. The van der Waals surface area contributed by atoms with E-state index in [9.17, 15) is 0 Å². The van der Waals surface area contributed by atoms with Crippen LogP contribution >= 0.6 is 0 Å². The van der Waals surface area contributed by atoms with E-state index in [4.69, 9.17) is 10.8 Å². The number of allylic oxidation sites excluding steroid dienone is 3. The molecule has 2 atom stereocenters. The van der Waals surface area contributed by atoms with Gasteiger partial charge in [-0.3, -0.25) is 0 Å². The van der Waals surface area contributed by atoms with Gasteiger partial charge in [0.2, 0.25) is 0 Å². The van der Waals surface area contributed by atoms with Crippen molar-refractivity contribution in [1.82, 2.24) is 0 Å². The molecule has 0 aromatic rings. The monoisotopic (exact) mass is 125 g/mol. The summed E-state index contributed by atoms with van der Waals surface area (Å²) in [7, 11) is 0. The lowest BCUT2D eigenvalue weighted by molar-refractivity contribution is 0.137. The Labute approximate surface area is 54.7 Å². The summed E-state index contributed by atoms with van der Waals surface area (Å²) in [5.41, 5.74) is 5.24. The number of nitrogens with two attached hydrogens (primary N) is 1. The van der Waals surface area contributed by atoms with Gasteiger partial charge in [-0.25, -0.2) is 0 Å². The van der Waals surface area contributed by atoms with Crippen molar-refractivity contribution < 1.29 is 5.11 Å². The molecule has 0 amide bonds. The van der Waals surface area contributed by atoms with Crippen LogP contribution in [0.25, 0.3) is 0 Å². The maximum atomic E-state index is 8.87. The fourth-order valence-corrected chi connectivity index (χ4v) is 0.853. The predicted octanol–water partition coefficient (Wildman–Crippen LogP) is 0.396. The fraction of sp³-hybridized carbons (Fsp3) is 0.429. The van der Waals surface area contributed by atoms with Crippen LogP contribution in [0.2, 0.25) is 0 Å². The van der Waals surface area contributed by atoms with Gasteiger partial charge in [-0.15, -0.1) is 0 Å². The van der Waals surface area contributed by atoms with Crippen LogP contribution in [0.3, 0.4) is 0 Å². The van der Waals surface area contributed by atoms with E-state index in [0.29, 0.717) is 0 Å². The number of hydrogen-bond acceptors (Lipinski definition) is 2. The first kappa shape index (κ1) is 6.52. The van der Waals surface area contributed by atoms with E-state index in [1.54, 1.807) is 0 Å². The van der Waals surface area contributed by atoms with Gasteiger partial charge in [-0.05, 0) is 6.42 Å². The third kappa shape index (κ3) is 1.66. The van der Waals surface area contributed by atoms with Crippen LogP contribution in [0.1, 0.15) is 6.42 Å². The Morgan fingerprint density at radius 3 is 2.67 bits per heavy atom. The average Bonchev–Trinajstić information content (AvgIpc) is 1.90. The lowest BCUT2D eigenvalue weighted by Crippen LogP contribution is -2.28. The minimum Gasteiger partial charge on any atom is -0.378 e. The van der Waals surface area contributed by atoms with Crippen molar-refractivity contribution >= 4 is 0 Å². The van der Waals surface area contributed by atoms with Crippen LogP contribution in [0.5, 0.6) is 0 Å². The Balaban J connectivity index is 2.46. The van der Waals surface area contributed by atoms with Gasteiger partial charge in [0.05, 0.1) is 0 Å². The summed E-state index contributed by atoms with van der Waals surface area (Å²) in [5.74, 6) is 0.120. The molecule has 0 saturated carbocycles. The van der Waals surface area contributed by atoms with E-state index in [1.807, 2.05) is 24.3 Å². The van der Waals surface area contributed by atoms with Crippen molar-refractivity contribution in [1.29, 1.82) is 0 Å². The molecule has 0 radical (unpaired) electrons. The molecule has 9 heavy (non-hydrogen) atoms. The Morgan fingerprint density at radius 1 is 1.56 bits per heavy atom. The van der Waals surface area contributed by atoms with Gasteiger partial charge in [0.1, 0.15) is 6.23 Å². The van der Waals surface area contributed by atoms with Crippen molar-refractivity contribution in [3.05, 3.63) is 24.3 Å². The topological polar surface area (TPSA) is 46.2 Å². The van der Waals surface area contributed by atoms with Crippen LogP contribution in [-0.4, -0.2) is 11.3 Å². The predicted molar refractivity (Wildman–Crippen MR) is 36.6 cm³/mol. The van der Waals surface area contributed by atoms with Crippen LogP contribution in [0, 0.1) is 5.92 Å². The highest BCUT2D eigenvalue weighted by atomic mass is 16.3. The highest BCUT2D eigenvalue weighted by molar-refractivity contribution is 5.11. The van der Waals surface area contributed by atoms with Gasteiger partial charge in [-0.1, -0.05) is 24.3 Å². The maximum absolute atomic E-state index is 8.87. The molecule has 0 bridgehead atoms. The first-order valence-electron chi connectivity index (χ1n) is 3.07. The molecule has 0 fully saturated rings. The summed E-state index contributed by atoms with van der Waals surface area (Å²) in [4.78, 5) is 0. The third-order valence-corrected chi connectivity index (χ3v) is 1.45. The van der Waals surface area contributed by atoms with E-state index < -0.39 is 6.23 Å². The second-order valence-corrected chi connectivity index (χ2v) is 2.20. The zero-order valence-corrected chi connectivity index (χ0v) is 5.20. The summed E-state index contributed by atoms with van der Waals surface area (Å²) in [6.45, 7) is 0. The van der Waals surface area contributed by atoms with Gasteiger partial charge in [-0.2, -0.15) is 0 Å². The largest absolute Gasteiger partial charge is 0.378 e. The molecule has 0 aromatic carbocycles. The molecule has 0 heterocycles. The minimum absolute atomic E-state index is 0.120. The first-order chi connectivity index (χ1) is 4.30. The maximum Gasteiger partial charge on any atom is 0.109 e. The van der Waals surface area contributed by atoms with E-state index >= 15 is 0 Å². The van der Waals surface area contributed by atoms with Crippen LogP contribution in [0.4, 0.5) is 0 Å². The lowest BCUT2D eigenvalue weighted by Gasteiger charge is -2.14. The zero-order valence-electron chi connectivity index (χ0n) is 5.20. The standard InChI is InChI=1S/C7H11NO/c8-7(9)6-4-2-1-3-5-6/h1-4,6-7,9H,5,8H2/t6-,7?/m0/s1. The highest BCUT2D eigenvalue weighted by Gasteiger charge is 2.10. The van der Waals surface area contributed by atoms with E-state index in [0.717, 1.165) is 6.42 Å². The minimum atomic E-state index is -0.703. The smallest absolute Gasteiger partial charge is 0.109 e. The molecule has 1 aliphatic rings. The van der Waals surface area contributed by atoms with Crippen LogP contribution < -0.4 is 5.73 Å². The Hall–Kier alpha value is -0.600. The molecule has 1 aliphatic carbocycles. The van der Waals surface area contributed by atoms with Crippen LogP contribution in [-0.2, 0) is 0 Å². The molecule has 0 aromatic heterocycles. The molecule has 50 valence electrons. The lowest BCUT2D eigenvalue weighted by atomic mass is 10.00. The molecule has 2 heteroatoms. The summed E-state index contributed by atoms with van der Waals surface area (Å²) in [5, 5.41) is 8.87. The molecule has 1 unspecified atom stereocenters. The van der Waals surface area contributed by atoms with Gasteiger partial charge >= 0.3 is 0 Å². The van der Waals surface area contributed by atoms with E-state index in [1.165, 1.54) is 0 Å². The summed E-state index contributed by atoms with van der Waals surface area (Å²) < 4.78 is 0. The molecular formula is C7H11NO. The summed E-state index contributed by atoms with van der Waals surface area (Å²) >= 11 is 0. The van der Waals surface area contributed by atoms with Gasteiger partial charge < -0.3 is 10.8 Å². The molecule has 0 saturated heterocycles. The van der Waals surface area contributed by atoms with Crippen LogP contribution in [0.15, 0.2) is 24.3 Å². The Bertz CT molecular complexity index is 138. The molecule has 0 aliphatic heterocycles. The van der Waals surface area contributed by atoms with Crippen molar-refractivity contribution in [2.75, 3.05) is 0 Å². The fourth-order valence-electron chi connectivity index (χ4n) is 0.853. The van der Waals surface area contributed by atoms with Gasteiger partial charge in [0.25, 0.3) is 0 Å². The van der Waals surface area contributed by atoms with E-state index in [-0.39, 0.29) is 5.92 Å². The Kier molecular flexibility index (Phi) is 2.03.